The molecule has 0 bridgehead atoms. The van der Waals surface area contributed by atoms with E-state index >= 15 is 0 Å². The molecule has 0 aliphatic heterocycles. The summed E-state index contributed by atoms with van der Waals surface area (Å²) in [5.41, 5.74) is 1.38. The lowest BCUT2D eigenvalue weighted by atomic mass is 10.0. The number of benzene rings is 4. The summed E-state index contributed by atoms with van der Waals surface area (Å²) in [6, 6.07) is 26.5. The molecule has 35 heavy (non-hydrogen) atoms. The summed E-state index contributed by atoms with van der Waals surface area (Å²) in [5, 5.41) is 20.5. The fourth-order valence-electron chi connectivity index (χ4n) is 3.43. The Hall–Kier alpha value is -4.58. The Labute approximate surface area is 203 Å². The first-order valence-corrected chi connectivity index (χ1v) is 11.0. The van der Waals surface area contributed by atoms with Crippen LogP contribution in [0.2, 0.25) is 0 Å². The minimum Gasteiger partial charge on any atom is -0.507 e. The smallest absolute Gasteiger partial charge is 0.196 e. The van der Waals surface area contributed by atoms with Crippen LogP contribution in [0.3, 0.4) is 0 Å². The third-order valence-corrected chi connectivity index (χ3v) is 5.24. The van der Waals surface area contributed by atoms with Crippen molar-refractivity contribution in [2.75, 3.05) is 13.2 Å². The molecule has 4 aromatic rings. The Kier molecular flexibility index (Phi) is 7.43. The number of hydrogen-bond donors (Lipinski definition) is 2. The maximum atomic E-state index is 12.5. The summed E-state index contributed by atoms with van der Waals surface area (Å²) in [6.07, 6.45) is 1.72. The van der Waals surface area contributed by atoms with E-state index in [1.54, 1.807) is 67.1 Å². The van der Waals surface area contributed by atoms with E-state index in [0.29, 0.717) is 22.6 Å². The average molecular weight is 467 g/mol. The summed E-state index contributed by atoms with van der Waals surface area (Å²) in [7, 11) is 0. The summed E-state index contributed by atoms with van der Waals surface area (Å²) in [6.45, 7) is 0.393. The highest BCUT2D eigenvalue weighted by Gasteiger charge is 2.15. The van der Waals surface area contributed by atoms with E-state index < -0.39 is 0 Å². The lowest BCUT2D eigenvalue weighted by Crippen LogP contribution is -2.07. The highest BCUT2D eigenvalue weighted by atomic mass is 16.5. The fraction of sp³-hybridized carbons (Fsp3) is 0.0690. The number of carbonyl (C=O) groups excluding carboxylic acids is 2. The number of ether oxygens (including phenoxy) is 2. The van der Waals surface area contributed by atoms with Crippen LogP contribution in [0.4, 0.5) is 0 Å². The Morgan fingerprint density at radius 1 is 0.600 bits per heavy atom. The molecule has 4 rings (SSSR count). The van der Waals surface area contributed by atoms with Gasteiger partial charge < -0.3 is 19.7 Å². The van der Waals surface area contributed by atoms with E-state index in [1.165, 1.54) is 24.3 Å². The van der Waals surface area contributed by atoms with Gasteiger partial charge in [0.15, 0.2) is 11.6 Å². The van der Waals surface area contributed by atoms with Crippen LogP contribution >= 0.6 is 0 Å². The molecule has 0 saturated heterocycles. The predicted octanol–water partition coefficient (Wildman–Crippen LogP) is 5.22. The molecule has 175 valence electrons. The van der Waals surface area contributed by atoms with Gasteiger partial charge in [0.05, 0.1) is 24.3 Å². The molecule has 0 atom stereocenters. The van der Waals surface area contributed by atoms with Crippen molar-refractivity contribution in [1.29, 1.82) is 0 Å². The quantitative estimate of drug-likeness (QED) is 0.245. The van der Waals surface area contributed by atoms with E-state index in [-0.39, 0.29) is 47.4 Å². The van der Waals surface area contributed by atoms with Gasteiger partial charge in [-0.15, -0.1) is 0 Å². The highest BCUT2D eigenvalue weighted by Crippen LogP contribution is 2.27. The Morgan fingerprint density at radius 3 is 1.37 bits per heavy atom. The normalized spacial score (nSPS) is 10.5. The van der Waals surface area contributed by atoms with E-state index in [0.717, 1.165) is 0 Å². The summed E-state index contributed by atoms with van der Waals surface area (Å²) >= 11 is 0. The van der Waals surface area contributed by atoms with Crippen LogP contribution in [0.5, 0.6) is 23.0 Å². The van der Waals surface area contributed by atoms with Gasteiger partial charge in [0.1, 0.15) is 23.0 Å². The molecule has 0 aliphatic carbocycles. The van der Waals surface area contributed by atoms with Crippen molar-refractivity contribution in [1.82, 2.24) is 0 Å². The predicted molar refractivity (Wildman–Crippen MR) is 131 cm³/mol. The van der Waals surface area contributed by atoms with Gasteiger partial charge in [-0.05, 0) is 24.3 Å². The summed E-state index contributed by atoms with van der Waals surface area (Å²) in [5.74, 6) is -0.0419. The van der Waals surface area contributed by atoms with Gasteiger partial charge in [-0.25, -0.2) is 0 Å². The van der Waals surface area contributed by atoms with Crippen LogP contribution in [0.1, 0.15) is 31.8 Å². The maximum Gasteiger partial charge on any atom is 0.196 e. The average Bonchev–Trinajstić information content (AvgIpc) is 2.89. The van der Waals surface area contributed by atoms with Gasteiger partial charge in [-0.1, -0.05) is 60.7 Å². The maximum absolute atomic E-state index is 12.5. The molecule has 4 aromatic carbocycles. The fourth-order valence-corrected chi connectivity index (χ4v) is 3.43. The van der Waals surface area contributed by atoms with Crippen LogP contribution in [0.25, 0.3) is 0 Å². The van der Waals surface area contributed by atoms with Crippen molar-refractivity contribution in [2.24, 2.45) is 0 Å². The van der Waals surface area contributed by atoms with Gasteiger partial charge in [0, 0.05) is 29.7 Å². The molecule has 6 heteroatoms. The van der Waals surface area contributed by atoms with Crippen LogP contribution in [0.15, 0.2) is 97.1 Å². The summed E-state index contributed by atoms with van der Waals surface area (Å²) in [4.78, 5) is 25.0. The third kappa shape index (κ3) is 5.86. The van der Waals surface area contributed by atoms with Crippen molar-refractivity contribution in [3.8, 4) is 23.0 Å². The zero-order chi connectivity index (χ0) is 24.6. The number of rotatable bonds is 10. The minimum atomic E-state index is -0.269. The molecule has 1 radical (unpaired) electrons. The zero-order valence-electron chi connectivity index (χ0n) is 18.8. The van der Waals surface area contributed by atoms with Crippen LogP contribution in [-0.4, -0.2) is 35.0 Å². The topological polar surface area (TPSA) is 93.1 Å². The molecule has 6 nitrogen and oxygen atoms in total. The molecule has 0 spiro atoms. The second kappa shape index (κ2) is 11.0. The number of phenols is 2. The first-order chi connectivity index (χ1) is 17.0. The SMILES string of the molecule is O=C(c1ccccc1)c1ccc(OC[CH]COc2ccc(C(=O)c3ccccc3)c(O)c2)cc1O. The molecule has 0 heterocycles. The minimum absolute atomic E-state index is 0.159. The number of ketones is 2. The van der Waals surface area contributed by atoms with Gasteiger partial charge in [0.25, 0.3) is 0 Å². The molecular formula is C29H23O6. The standard InChI is InChI=1S/C29H23O6/c30-26-18-22(12-14-24(26)28(32)20-8-3-1-4-9-20)34-16-7-17-35-23-13-15-25(27(31)19-23)29(33)21-10-5-2-6-11-21/h1-15,18-19,30-31H,16-17H2. The lowest BCUT2D eigenvalue weighted by molar-refractivity contribution is 0.102. The largest absolute Gasteiger partial charge is 0.507 e. The first kappa shape index (κ1) is 23.6. The highest BCUT2D eigenvalue weighted by molar-refractivity contribution is 6.11. The molecule has 0 saturated carbocycles. The van der Waals surface area contributed by atoms with Crippen molar-refractivity contribution in [2.45, 2.75) is 0 Å². The van der Waals surface area contributed by atoms with Crippen LogP contribution in [0, 0.1) is 6.42 Å². The molecule has 0 amide bonds. The summed E-state index contributed by atoms with van der Waals surface area (Å²) < 4.78 is 11.2. The Balaban J connectivity index is 1.26. The van der Waals surface area contributed by atoms with Crippen molar-refractivity contribution >= 4 is 11.6 Å². The van der Waals surface area contributed by atoms with E-state index in [1.807, 2.05) is 12.1 Å². The van der Waals surface area contributed by atoms with Crippen molar-refractivity contribution in [3.05, 3.63) is 126 Å². The van der Waals surface area contributed by atoms with Crippen molar-refractivity contribution < 1.29 is 29.3 Å². The Morgan fingerprint density at radius 2 is 1.00 bits per heavy atom. The molecule has 0 aliphatic rings. The van der Waals surface area contributed by atoms with E-state index in [4.69, 9.17) is 9.47 Å². The lowest BCUT2D eigenvalue weighted by Gasteiger charge is -2.11. The number of aromatic hydroxyl groups is 2. The monoisotopic (exact) mass is 467 g/mol. The Bertz CT molecular complexity index is 1210. The van der Waals surface area contributed by atoms with Crippen molar-refractivity contribution in [3.63, 3.8) is 0 Å². The van der Waals surface area contributed by atoms with E-state index in [9.17, 15) is 19.8 Å². The van der Waals surface area contributed by atoms with Gasteiger partial charge >= 0.3 is 0 Å². The van der Waals surface area contributed by atoms with Gasteiger partial charge in [0.2, 0.25) is 0 Å². The number of phenolic OH excluding ortho intramolecular Hbond substituents is 2. The third-order valence-electron chi connectivity index (χ3n) is 5.24. The first-order valence-electron chi connectivity index (χ1n) is 11.0. The molecule has 0 fully saturated rings. The van der Waals surface area contributed by atoms with Crippen LogP contribution in [-0.2, 0) is 0 Å². The molecule has 2 N–H and O–H groups in total. The van der Waals surface area contributed by atoms with Gasteiger partial charge in [-0.3, -0.25) is 9.59 Å². The molecule has 0 unspecified atom stereocenters. The zero-order valence-corrected chi connectivity index (χ0v) is 18.8. The second-order valence-corrected chi connectivity index (χ2v) is 7.66. The number of carbonyl (C=O) groups is 2. The molecule has 0 aromatic heterocycles. The van der Waals surface area contributed by atoms with Gasteiger partial charge in [-0.2, -0.15) is 0 Å². The number of hydrogen-bond acceptors (Lipinski definition) is 6. The van der Waals surface area contributed by atoms with Crippen LogP contribution < -0.4 is 9.47 Å². The van der Waals surface area contributed by atoms with E-state index in [2.05, 4.69) is 0 Å². The molecular weight excluding hydrogens is 444 g/mol. The second-order valence-electron chi connectivity index (χ2n) is 7.66.